The summed E-state index contributed by atoms with van der Waals surface area (Å²) in [6.45, 7) is 0. The fourth-order valence-electron chi connectivity index (χ4n) is 4.66. The summed E-state index contributed by atoms with van der Waals surface area (Å²) >= 11 is 2.61. The first kappa shape index (κ1) is 35.5. The highest BCUT2D eigenvalue weighted by Crippen LogP contribution is 2.34. The van der Waals surface area contributed by atoms with E-state index in [1.54, 1.807) is 94.1 Å². The SMILES string of the molecule is COc1ccc(/C=C(/NC(=O)c2ccccc2)C(=O)Nc2cccc(SCC(=O)Nc3nc(-c4ccc(OC)c(OC)c4)cs3)c2)c(OC)c1. The maximum atomic E-state index is 13.6. The van der Waals surface area contributed by atoms with Gasteiger partial charge in [-0.3, -0.25) is 14.4 Å². The molecule has 3 amide bonds. The predicted molar refractivity (Wildman–Crippen MR) is 197 cm³/mol. The molecule has 1 aromatic heterocycles. The van der Waals surface area contributed by atoms with Crippen molar-refractivity contribution in [3.63, 3.8) is 0 Å². The Morgan fingerprint density at radius 3 is 2.30 bits per heavy atom. The van der Waals surface area contributed by atoms with Gasteiger partial charge in [-0.05, 0) is 66.7 Å². The summed E-state index contributed by atoms with van der Waals surface area (Å²) in [6.07, 6.45) is 1.53. The van der Waals surface area contributed by atoms with Crippen molar-refractivity contribution in [1.82, 2.24) is 10.3 Å². The third-order valence-corrected chi connectivity index (χ3v) is 8.91. The Morgan fingerprint density at radius 1 is 0.780 bits per heavy atom. The smallest absolute Gasteiger partial charge is 0.272 e. The van der Waals surface area contributed by atoms with Gasteiger partial charge in [-0.15, -0.1) is 23.1 Å². The molecule has 0 aliphatic heterocycles. The van der Waals surface area contributed by atoms with E-state index in [1.807, 2.05) is 23.6 Å². The van der Waals surface area contributed by atoms with Crippen LogP contribution in [-0.4, -0.2) is 56.9 Å². The maximum Gasteiger partial charge on any atom is 0.272 e. The van der Waals surface area contributed by atoms with Gasteiger partial charge in [0.25, 0.3) is 11.8 Å². The van der Waals surface area contributed by atoms with Crippen LogP contribution in [0, 0.1) is 0 Å². The van der Waals surface area contributed by atoms with E-state index in [-0.39, 0.29) is 17.4 Å². The first-order chi connectivity index (χ1) is 24.3. The van der Waals surface area contributed by atoms with Crippen LogP contribution in [-0.2, 0) is 9.59 Å². The highest BCUT2D eigenvalue weighted by atomic mass is 32.2. The van der Waals surface area contributed by atoms with Crippen molar-refractivity contribution in [1.29, 1.82) is 0 Å². The summed E-state index contributed by atoms with van der Waals surface area (Å²) in [7, 11) is 6.19. The molecular weight excluding hydrogens is 677 g/mol. The number of carbonyl (C=O) groups is 3. The molecule has 50 heavy (non-hydrogen) atoms. The molecule has 0 radical (unpaired) electrons. The molecule has 4 aromatic carbocycles. The fraction of sp³-hybridized carbons (Fsp3) is 0.135. The highest BCUT2D eigenvalue weighted by Gasteiger charge is 2.17. The molecule has 0 atom stereocenters. The second kappa shape index (κ2) is 17.0. The monoisotopic (exact) mass is 710 g/mol. The highest BCUT2D eigenvalue weighted by molar-refractivity contribution is 8.00. The number of benzene rings is 4. The van der Waals surface area contributed by atoms with Gasteiger partial charge in [0.2, 0.25) is 5.91 Å². The zero-order valence-corrected chi connectivity index (χ0v) is 29.3. The van der Waals surface area contributed by atoms with Crippen LogP contribution < -0.4 is 34.9 Å². The first-order valence-electron chi connectivity index (χ1n) is 15.1. The molecule has 0 bridgehead atoms. The molecule has 3 N–H and O–H groups in total. The Kier molecular flexibility index (Phi) is 12.1. The molecule has 0 spiro atoms. The van der Waals surface area contributed by atoms with E-state index in [0.717, 1.165) is 10.5 Å². The number of aromatic nitrogens is 1. The van der Waals surface area contributed by atoms with Gasteiger partial charge in [0, 0.05) is 38.7 Å². The number of nitrogens with one attached hydrogen (secondary N) is 3. The Bertz CT molecular complexity index is 2010. The molecule has 5 aromatic rings. The van der Waals surface area contributed by atoms with Crippen molar-refractivity contribution in [2.24, 2.45) is 0 Å². The summed E-state index contributed by atoms with van der Waals surface area (Å²) < 4.78 is 21.5. The van der Waals surface area contributed by atoms with E-state index in [9.17, 15) is 14.4 Å². The number of ether oxygens (including phenoxy) is 4. The molecule has 0 aliphatic rings. The van der Waals surface area contributed by atoms with Gasteiger partial charge in [0.15, 0.2) is 16.6 Å². The van der Waals surface area contributed by atoms with E-state index in [0.29, 0.717) is 50.6 Å². The third kappa shape index (κ3) is 9.21. The van der Waals surface area contributed by atoms with Crippen molar-refractivity contribution < 1.29 is 33.3 Å². The average molecular weight is 711 g/mol. The van der Waals surface area contributed by atoms with Crippen molar-refractivity contribution in [2.75, 3.05) is 44.8 Å². The molecular formula is C37H34N4O7S2. The lowest BCUT2D eigenvalue weighted by molar-refractivity contribution is -0.114. The Balaban J connectivity index is 1.25. The van der Waals surface area contributed by atoms with Gasteiger partial charge < -0.3 is 34.9 Å². The number of thiazole rings is 1. The van der Waals surface area contributed by atoms with Crippen LogP contribution in [0.1, 0.15) is 15.9 Å². The molecule has 0 saturated heterocycles. The summed E-state index contributed by atoms with van der Waals surface area (Å²) in [5.41, 5.74) is 2.93. The summed E-state index contributed by atoms with van der Waals surface area (Å²) in [6, 6.07) is 26.3. The van der Waals surface area contributed by atoms with Crippen LogP contribution in [0.15, 0.2) is 107 Å². The van der Waals surface area contributed by atoms with Crippen molar-refractivity contribution in [2.45, 2.75) is 4.90 Å². The number of nitrogens with zero attached hydrogens (tertiary/aromatic N) is 1. The van der Waals surface area contributed by atoms with Gasteiger partial charge in [-0.2, -0.15) is 0 Å². The van der Waals surface area contributed by atoms with Crippen LogP contribution in [0.3, 0.4) is 0 Å². The maximum absolute atomic E-state index is 13.6. The Hall–Kier alpha value is -5.79. The second-order valence-electron chi connectivity index (χ2n) is 10.4. The van der Waals surface area contributed by atoms with Crippen LogP contribution >= 0.6 is 23.1 Å². The second-order valence-corrected chi connectivity index (χ2v) is 12.3. The molecule has 256 valence electrons. The predicted octanol–water partition coefficient (Wildman–Crippen LogP) is 6.98. The number of rotatable bonds is 14. The largest absolute Gasteiger partial charge is 0.497 e. The van der Waals surface area contributed by atoms with Crippen LogP contribution in [0.5, 0.6) is 23.0 Å². The number of anilines is 2. The minimum Gasteiger partial charge on any atom is -0.497 e. The minimum absolute atomic E-state index is 0.00402. The number of methoxy groups -OCH3 is 4. The molecule has 5 rings (SSSR count). The van der Waals surface area contributed by atoms with E-state index in [4.69, 9.17) is 18.9 Å². The van der Waals surface area contributed by atoms with Crippen molar-refractivity contribution in [3.8, 4) is 34.3 Å². The van der Waals surface area contributed by atoms with Gasteiger partial charge in [-0.1, -0.05) is 24.3 Å². The van der Waals surface area contributed by atoms with E-state index >= 15 is 0 Å². The van der Waals surface area contributed by atoms with Gasteiger partial charge in [0.1, 0.15) is 17.2 Å². The van der Waals surface area contributed by atoms with Crippen LogP contribution in [0.25, 0.3) is 17.3 Å². The number of hydrogen-bond donors (Lipinski definition) is 3. The Labute approximate surface area is 297 Å². The summed E-state index contributed by atoms with van der Waals surface area (Å²) in [4.78, 5) is 44.8. The lowest BCUT2D eigenvalue weighted by Gasteiger charge is -2.13. The topological polar surface area (TPSA) is 137 Å². The minimum atomic E-state index is -0.555. The fourth-order valence-corrected chi connectivity index (χ4v) is 6.15. The molecule has 11 nitrogen and oxygen atoms in total. The lowest BCUT2D eigenvalue weighted by Crippen LogP contribution is -2.30. The molecule has 0 saturated carbocycles. The molecule has 0 aliphatic carbocycles. The third-order valence-electron chi connectivity index (χ3n) is 7.16. The summed E-state index contributed by atoms with van der Waals surface area (Å²) in [5, 5.41) is 10.7. The Morgan fingerprint density at radius 2 is 1.56 bits per heavy atom. The quantitative estimate of drug-likeness (QED) is 0.0823. The zero-order valence-electron chi connectivity index (χ0n) is 27.6. The average Bonchev–Trinajstić information content (AvgIpc) is 3.62. The molecule has 1 heterocycles. The molecule has 0 fully saturated rings. The van der Waals surface area contributed by atoms with E-state index < -0.39 is 11.8 Å². The molecule has 0 unspecified atom stereocenters. The number of thioether (sulfide) groups is 1. The number of carbonyl (C=O) groups excluding carboxylic acids is 3. The standard InChI is InChI=1S/C37H34N4O7S2/c1-45-27-15-13-25(32(20-27)47-3)17-29(39-35(43)23-9-6-5-7-10-23)36(44)38-26-11-8-12-28(19-26)49-22-34(42)41-37-40-30(21-50-37)24-14-16-31(46-2)33(18-24)48-4/h5-21H,22H2,1-4H3,(H,38,44)(H,39,43)(H,40,41,42)/b29-17+. The van der Waals surface area contributed by atoms with Crippen molar-refractivity contribution in [3.05, 3.63) is 113 Å². The number of amides is 3. The van der Waals surface area contributed by atoms with Gasteiger partial charge in [0.05, 0.1) is 39.9 Å². The lowest BCUT2D eigenvalue weighted by atomic mass is 10.1. The van der Waals surface area contributed by atoms with Crippen LogP contribution in [0.4, 0.5) is 10.8 Å². The normalized spacial score (nSPS) is 10.9. The van der Waals surface area contributed by atoms with E-state index in [2.05, 4.69) is 20.9 Å². The van der Waals surface area contributed by atoms with Crippen LogP contribution in [0.2, 0.25) is 0 Å². The van der Waals surface area contributed by atoms with Gasteiger partial charge >= 0.3 is 0 Å². The zero-order chi connectivity index (χ0) is 35.5. The number of hydrogen-bond acceptors (Lipinski definition) is 10. The van der Waals surface area contributed by atoms with E-state index in [1.165, 1.54) is 36.3 Å². The van der Waals surface area contributed by atoms with Crippen molar-refractivity contribution >= 4 is 57.7 Å². The summed E-state index contributed by atoms with van der Waals surface area (Å²) in [5.74, 6) is 1.09. The van der Waals surface area contributed by atoms with Gasteiger partial charge in [-0.25, -0.2) is 4.98 Å². The first-order valence-corrected chi connectivity index (χ1v) is 17.0. The molecule has 13 heteroatoms.